The van der Waals surface area contributed by atoms with E-state index in [9.17, 15) is 15.3 Å². The first-order valence-corrected chi connectivity index (χ1v) is 4.45. The average Bonchev–Trinajstić information content (AvgIpc) is 2.66. The van der Waals surface area contributed by atoms with Gasteiger partial charge in [0.2, 0.25) is 0 Å². The maximum atomic E-state index is 10.1. The van der Waals surface area contributed by atoms with Crippen LogP contribution in [0.3, 0.4) is 0 Å². The van der Waals surface area contributed by atoms with Crippen LogP contribution in [-0.2, 0) is 4.74 Å². The highest BCUT2D eigenvalue weighted by molar-refractivity contribution is 6.13. The molecule has 5 atom stereocenters. The Labute approximate surface area is 92.1 Å². The third kappa shape index (κ3) is 0.845. The predicted octanol–water partition coefficient (Wildman–Crippen LogP) is -1.97. The maximum Gasteiger partial charge on any atom is 0.176 e. The lowest BCUT2D eigenvalue weighted by molar-refractivity contribution is -0.0864. The summed E-state index contributed by atoms with van der Waals surface area (Å²) in [4.78, 5) is 2.48. The molecule has 0 aromatic rings. The van der Waals surface area contributed by atoms with Gasteiger partial charge in [0.05, 0.1) is 12.5 Å². The van der Waals surface area contributed by atoms with E-state index in [1.165, 1.54) is 0 Å². The monoisotopic (exact) mass is 221 g/mol. The molecule has 0 spiro atoms. The van der Waals surface area contributed by atoms with Crippen LogP contribution in [0.2, 0.25) is 0 Å². The number of rotatable bonds is 2. The number of terminal acetylenes is 1. The number of hydrogen-bond acceptors (Lipinski definition) is 5. The molecule has 1 saturated heterocycles. The summed E-state index contributed by atoms with van der Waals surface area (Å²) >= 11 is 0. The number of azide groups is 1. The molecule has 2 fully saturated rings. The van der Waals surface area contributed by atoms with Crippen LogP contribution >= 0.6 is 0 Å². The quantitative estimate of drug-likeness (QED) is 0.165. The van der Waals surface area contributed by atoms with Crippen molar-refractivity contribution >= 4 is 7.85 Å². The molecule has 2 radical (unpaired) electrons. The van der Waals surface area contributed by atoms with Crippen LogP contribution in [0.1, 0.15) is 0 Å². The molecule has 16 heavy (non-hydrogen) atoms. The number of nitrogens with zero attached hydrogens (tertiary/aromatic N) is 3. The SMILES string of the molecule is [B][C@@H]1O[C@]2(CN=[N+]=[N-])C(O)[C@@]2(O)[C@]1(O)C#C. The van der Waals surface area contributed by atoms with Gasteiger partial charge in [-0.15, -0.1) is 6.42 Å². The highest BCUT2D eigenvalue weighted by Crippen LogP contribution is 2.63. The summed E-state index contributed by atoms with van der Waals surface area (Å²) in [5.74, 6) is 1.91. The van der Waals surface area contributed by atoms with Crippen molar-refractivity contribution in [3.05, 3.63) is 10.4 Å². The smallest absolute Gasteiger partial charge is 0.176 e. The Morgan fingerprint density at radius 3 is 2.75 bits per heavy atom. The zero-order valence-electron chi connectivity index (χ0n) is 8.11. The van der Waals surface area contributed by atoms with E-state index >= 15 is 0 Å². The Balaban J connectivity index is 2.42. The third-order valence-corrected chi connectivity index (χ3v) is 3.32. The molecule has 1 aliphatic carbocycles. The zero-order valence-corrected chi connectivity index (χ0v) is 8.11. The van der Waals surface area contributed by atoms with Crippen LogP contribution in [0.15, 0.2) is 5.11 Å². The van der Waals surface area contributed by atoms with Crippen LogP contribution in [0.25, 0.3) is 10.4 Å². The van der Waals surface area contributed by atoms with E-state index in [1.807, 2.05) is 5.92 Å². The molecule has 0 aromatic carbocycles. The molecule has 0 amide bonds. The second-order valence-corrected chi connectivity index (χ2v) is 3.90. The summed E-state index contributed by atoms with van der Waals surface area (Å²) in [6.45, 7) is -0.362. The minimum Gasteiger partial charge on any atom is -0.387 e. The molecule has 7 nitrogen and oxygen atoms in total. The van der Waals surface area contributed by atoms with Crippen LogP contribution < -0.4 is 0 Å². The minimum atomic E-state index is -2.20. The van der Waals surface area contributed by atoms with Crippen molar-refractivity contribution in [2.75, 3.05) is 6.54 Å². The van der Waals surface area contributed by atoms with E-state index in [4.69, 9.17) is 24.5 Å². The number of aliphatic hydroxyl groups is 3. The van der Waals surface area contributed by atoms with Crippen molar-refractivity contribution in [2.24, 2.45) is 5.11 Å². The molecule has 8 heteroatoms. The number of ether oxygens (including phenoxy) is 1. The summed E-state index contributed by atoms with van der Waals surface area (Å²) in [5, 5.41) is 32.8. The molecule has 2 rings (SSSR count). The van der Waals surface area contributed by atoms with Gasteiger partial charge in [-0.2, -0.15) is 0 Å². The van der Waals surface area contributed by atoms with E-state index in [0.29, 0.717) is 0 Å². The lowest BCUT2D eigenvalue weighted by Gasteiger charge is -2.28. The molecule has 0 aromatic heterocycles. The van der Waals surface area contributed by atoms with E-state index < -0.39 is 28.9 Å². The van der Waals surface area contributed by atoms with E-state index in [-0.39, 0.29) is 6.54 Å². The van der Waals surface area contributed by atoms with Gasteiger partial charge in [0.15, 0.2) is 11.2 Å². The van der Waals surface area contributed by atoms with Crippen LogP contribution in [0.5, 0.6) is 0 Å². The topological polar surface area (TPSA) is 119 Å². The first-order valence-electron chi connectivity index (χ1n) is 4.45. The van der Waals surface area contributed by atoms with Gasteiger partial charge in [0.1, 0.15) is 19.6 Å². The van der Waals surface area contributed by atoms with E-state index in [1.54, 1.807) is 0 Å². The highest BCUT2D eigenvalue weighted by Gasteiger charge is 2.90. The van der Waals surface area contributed by atoms with Gasteiger partial charge in [0.25, 0.3) is 0 Å². The normalized spacial score (nSPS) is 53.6. The van der Waals surface area contributed by atoms with Gasteiger partial charge in [-0.1, -0.05) is 11.0 Å². The lowest BCUT2D eigenvalue weighted by Crippen LogP contribution is -2.52. The molecular formula is C8H8BN3O4. The summed E-state index contributed by atoms with van der Waals surface area (Å²) in [5.41, 5.74) is 2.29. The lowest BCUT2D eigenvalue weighted by atomic mass is 9.79. The molecule has 1 unspecified atom stereocenters. The van der Waals surface area contributed by atoms with Crippen LogP contribution in [-0.4, -0.2) is 58.6 Å². The Bertz CT molecular complexity index is 433. The Morgan fingerprint density at radius 2 is 2.25 bits per heavy atom. The van der Waals surface area contributed by atoms with E-state index in [2.05, 4.69) is 10.0 Å². The van der Waals surface area contributed by atoms with Crippen LogP contribution in [0, 0.1) is 12.3 Å². The Kier molecular flexibility index (Phi) is 2.05. The van der Waals surface area contributed by atoms with Gasteiger partial charge in [0, 0.05) is 4.91 Å². The molecule has 0 bridgehead atoms. The van der Waals surface area contributed by atoms with Gasteiger partial charge < -0.3 is 20.1 Å². The molecule has 2 aliphatic rings. The van der Waals surface area contributed by atoms with Gasteiger partial charge in [-0.25, -0.2) is 0 Å². The summed E-state index contributed by atoms with van der Waals surface area (Å²) in [6, 6.07) is -1.35. The highest BCUT2D eigenvalue weighted by atomic mass is 16.6. The number of aliphatic hydroxyl groups excluding tert-OH is 1. The van der Waals surface area contributed by atoms with Crippen molar-refractivity contribution in [1.29, 1.82) is 0 Å². The van der Waals surface area contributed by atoms with Crippen molar-refractivity contribution < 1.29 is 20.1 Å². The number of fused-ring (bicyclic) bond motifs is 1. The first-order chi connectivity index (χ1) is 7.40. The van der Waals surface area contributed by atoms with Crippen molar-refractivity contribution in [1.82, 2.24) is 0 Å². The summed E-state index contributed by atoms with van der Waals surface area (Å²) in [7, 11) is 5.43. The molecule has 1 heterocycles. The number of hydrogen-bond donors (Lipinski definition) is 3. The molecule has 1 saturated carbocycles. The Hall–Kier alpha value is -1.23. The molecular weight excluding hydrogens is 213 g/mol. The molecule has 3 N–H and O–H groups in total. The minimum absolute atomic E-state index is 0.362. The fraction of sp³-hybridized carbons (Fsp3) is 0.750. The summed E-state index contributed by atoms with van der Waals surface area (Å²) in [6.07, 6.45) is 3.64. The second kappa shape index (κ2) is 2.91. The summed E-state index contributed by atoms with van der Waals surface area (Å²) < 4.78 is 5.07. The van der Waals surface area contributed by atoms with Crippen LogP contribution in [0.4, 0.5) is 0 Å². The standard InChI is InChI=1S/C8H8BN3O4/c1-2-6(14)5(9)16-7(3-11-12-10)4(13)8(6,7)15/h1,4-5,13-15H,3H2/t4?,5-,6+,7-,8-/m1/s1. The maximum absolute atomic E-state index is 10.1. The zero-order chi connectivity index (χ0) is 12.2. The Morgan fingerprint density at radius 1 is 1.62 bits per heavy atom. The van der Waals surface area contributed by atoms with Gasteiger partial charge in [-0.05, 0) is 5.53 Å². The third-order valence-electron chi connectivity index (χ3n) is 3.32. The van der Waals surface area contributed by atoms with Gasteiger partial charge >= 0.3 is 0 Å². The average molecular weight is 221 g/mol. The molecule has 1 aliphatic heterocycles. The molecule has 82 valence electrons. The second-order valence-electron chi connectivity index (χ2n) is 3.90. The van der Waals surface area contributed by atoms with Crippen molar-refractivity contribution in [3.8, 4) is 12.3 Å². The fourth-order valence-electron chi connectivity index (χ4n) is 2.26. The van der Waals surface area contributed by atoms with Gasteiger partial charge in [-0.3, -0.25) is 0 Å². The first kappa shape index (κ1) is 11.3. The predicted molar refractivity (Wildman–Crippen MR) is 52.1 cm³/mol. The largest absolute Gasteiger partial charge is 0.387 e. The van der Waals surface area contributed by atoms with Crippen molar-refractivity contribution in [2.45, 2.75) is 28.9 Å². The van der Waals surface area contributed by atoms with Crippen molar-refractivity contribution in [3.63, 3.8) is 0 Å². The van der Waals surface area contributed by atoms with E-state index in [0.717, 1.165) is 0 Å². The fourth-order valence-corrected chi connectivity index (χ4v) is 2.26.